The third-order valence-electron chi connectivity index (χ3n) is 2.94. The van der Waals surface area contributed by atoms with Gasteiger partial charge in [-0.15, -0.1) is 11.3 Å². The van der Waals surface area contributed by atoms with Crippen LogP contribution in [0.4, 0.5) is 0 Å². The molecule has 0 atom stereocenters. The molecule has 1 aliphatic rings. The van der Waals surface area contributed by atoms with Crippen molar-refractivity contribution < 1.29 is 8.42 Å². The maximum absolute atomic E-state index is 12.5. The minimum Gasteiger partial charge on any atom is -0.332 e. The Hall–Kier alpha value is -0.600. The van der Waals surface area contributed by atoms with Crippen molar-refractivity contribution in [1.82, 2.24) is 13.9 Å². The lowest BCUT2D eigenvalue weighted by Crippen LogP contribution is -2.37. The van der Waals surface area contributed by atoms with Gasteiger partial charge in [0, 0.05) is 19.3 Å². The van der Waals surface area contributed by atoms with Crippen molar-refractivity contribution in [2.24, 2.45) is 0 Å². The molecule has 2 aromatic heterocycles. The van der Waals surface area contributed by atoms with Gasteiger partial charge in [-0.2, -0.15) is 4.31 Å². The summed E-state index contributed by atoms with van der Waals surface area (Å²) in [5.41, 5.74) is 0.878. The minimum atomic E-state index is -3.54. The molecule has 0 amide bonds. The van der Waals surface area contributed by atoms with E-state index in [2.05, 4.69) is 4.98 Å². The van der Waals surface area contributed by atoms with E-state index in [1.807, 2.05) is 4.57 Å². The smallest absolute Gasteiger partial charge is 0.253 e. The van der Waals surface area contributed by atoms with Crippen molar-refractivity contribution in [2.45, 2.75) is 17.3 Å². The Balaban J connectivity index is 1.94. The van der Waals surface area contributed by atoms with Crippen LogP contribution < -0.4 is 0 Å². The Kier molecular flexibility index (Phi) is 3.34. The summed E-state index contributed by atoms with van der Waals surface area (Å²) in [7, 11) is -3.54. The lowest BCUT2D eigenvalue weighted by molar-refractivity contribution is 0.342. The average molecular weight is 338 g/mol. The maximum Gasteiger partial charge on any atom is 0.253 e. The molecular weight excluding hydrogens is 329 g/mol. The molecule has 102 valence electrons. The molecule has 0 spiro atoms. The van der Waals surface area contributed by atoms with Crippen LogP contribution in [0.2, 0.25) is 9.36 Å². The van der Waals surface area contributed by atoms with Crippen LogP contribution in [-0.4, -0.2) is 28.8 Å². The van der Waals surface area contributed by atoms with E-state index >= 15 is 0 Å². The van der Waals surface area contributed by atoms with E-state index in [4.69, 9.17) is 23.2 Å². The van der Waals surface area contributed by atoms with E-state index in [-0.39, 0.29) is 9.23 Å². The molecule has 0 bridgehead atoms. The second-order valence-corrected chi connectivity index (χ2v) is 8.33. The Morgan fingerprint density at radius 3 is 2.79 bits per heavy atom. The normalized spacial score (nSPS) is 16.5. The zero-order valence-corrected chi connectivity index (χ0v) is 12.7. The van der Waals surface area contributed by atoms with Crippen LogP contribution in [0.15, 0.2) is 22.8 Å². The minimum absolute atomic E-state index is 0.176. The van der Waals surface area contributed by atoms with Crippen LogP contribution in [-0.2, 0) is 23.1 Å². The van der Waals surface area contributed by atoms with Gasteiger partial charge in [0.15, 0.2) is 0 Å². The van der Waals surface area contributed by atoms with Crippen molar-refractivity contribution in [1.29, 1.82) is 0 Å². The van der Waals surface area contributed by atoms with Gasteiger partial charge in [-0.1, -0.05) is 23.2 Å². The fraction of sp³-hybridized carbons (Fsp3) is 0.300. The molecule has 1 aliphatic heterocycles. The molecule has 0 unspecified atom stereocenters. The van der Waals surface area contributed by atoms with Crippen molar-refractivity contribution >= 4 is 44.6 Å². The molecule has 2 aromatic rings. The summed E-state index contributed by atoms with van der Waals surface area (Å²) >= 11 is 12.6. The Morgan fingerprint density at radius 1 is 1.32 bits per heavy atom. The third-order valence-corrected chi connectivity index (χ3v) is 7.10. The fourth-order valence-electron chi connectivity index (χ4n) is 1.95. The number of thiophene rings is 1. The van der Waals surface area contributed by atoms with Gasteiger partial charge in [-0.25, -0.2) is 13.4 Å². The number of fused-ring (bicyclic) bond motifs is 1. The highest BCUT2D eigenvalue weighted by molar-refractivity contribution is 7.91. The second kappa shape index (κ2) is 4.75. The topological polar surface area (TPSA) is 55.2 Å². The maximum atomic E-state index is 12.5. The number of aromatic nitrogens is 2. The van der Waals surface area contributed by atoms with E-state index in [0.717, 1.165) is 17.0 Å². The molecule has 0 fully saturated rings. The molecule has 0 aromatic carbocycles. The molecule has 19 heavy (non-hydrogen) atoms. The van der Waals surface area contributed by atoms with Gasteiger partial charge < -0.3 is 4.57 Å². The summed E-state index contributed by atoms with van der Waals surface area (Å²) < 4.78 is 28.8. The number of imidazole rings is 1. The van der Waals surface area contributed by atoms with E-state index in [1.54, 1.807) is 12.5 Å². The van der Waals surface area contributed by atoms with Crippen LogP contribution in [0.5, 0.6) is 0 Å². The molecule has 0 saturated heterocycles. The van der Waals surface area contributed by atoms with Crippen molar-refractivity contribution in [3.63, 3.8) is 0 Å². The summed E-state index contributed by atoms with van der Waals surface area (Å²) in [6, 6.07) is 1.40. The van der Waals surface area contributed by atoms with Crippen molar-refractivity contribution in [3.05, 3.63) is 33.6 Å². The first kappa shape index (κ1) is 13.4. The molecule has 0 radical (unpaired) electrons. The lowest BCUT2D eigenvalue weighted by Gasteiger charge is -2.26. The molecule has 3 heterocycles. The zero-order chi connectivity index (χ0) is 13.6. The Labute approximate surface area is 124 Å². The van der Waals surface area contributed by atoms with E-state index in [0.29, 0.717) is 24.0 Å². The fourth-order valence-corrected chi connectivity index (χ4v) is 5.38. The summed E-state index contributed by atoms with van der Waals surface area (Å²) in [6.45, 7) is 1.33. The van der Waals surface area contributed by atoms with Crippen LogP contribution in [0.3, 0.4) is 0 Å². The zero-order valence-electron chi connectivity index (χ0n) is 9.58. The number of halogens is 2. The predicted octanol–water partition coefficient (Wildman–Crippen LogP) is 2.46. The summed E-state index contributed by atoms with van der Waals surface area (Å²) in [4.78, 5) is 4.01. The Morgan fingerprint density at radius 2 is 2.11 bits per heavy atom. The quantitative estimate of drug-likeness (QED) is 0.845. The first-order valence-corrected chi connectivity index (χ1v) is 8.44. The van der Waals surface area contributed by atoms with Gasteiger partial charge in [0.2, 0.25) is 0 Å². The van der Waals surface area contributed by atoms with Gasteiger partial charge in [0.1, 0.15) is 8.55 Å². The highest BCUT2D eigenvalue weighted by Gasteiger charge is 2.30. The first-order chi connectivity index (χ1) is 8.98. The van der Waals surface area contributed by atoms with Gasteiger partial charge >= 0.3 is 0 Å². The Bertz CT molecular complexity index is 703. The van der Waals surface area contributed by atoms with Crippen LogP contribution >= 0.6 is 34.5 Å². The number of hydrogen-bond donors (Lipinski definition) is 0. The molecular formula is C10H9Cl2N3O2S2. The van der Waals surface area contributed by atoms with E-state index in [9.17, 15) is 8.42 Å². The molecule has 0 N–H and O–H groups in total. The highest BCUT2D eigenvalue weighted by atomic mass is 35.5. The SMILES string of the molecule is O=S(=O)(c1cc(Cl)c(Cl)s1)N1CCn2cncc2C1. The molecule has 3 rings (SSSR count). The van der Waals surface area contributed by atoms with Gasteiger partial charge in [-0.05, 0) is 6.07 Å². The second-order valence-electron chi connectivity index (χ2n) is 4.10. The summed E-state index contributed by atoms with van der Waals surface area (Å²) in [6.07, 6.45) is 3.38. The first-order valence-electron chi connectivity index (χ1n) is 5.42. The van der Waals surface area contributed by atoms with Crippen molar-refractivity contribution in [3.8, 4) is 0 Å². The molecule has 0 saturated carbocycles. The van der Waals surface area contributed by atoms with Crippen LogP contribution in [0.1, 0.15) is 5.69 Å². The lowest BCUT2D eigenvalue weighted by atomic mass is 10.4. The van der Waals surface area contributed by atoms with Gasteiger partial charge in [-0.3, -0.25) is 0 Å². The number of nitrogens with zero attached hydrogens (tertiary/aromatic N) is 3. The molecule has 0 aliphatic carbocycles. The monoisotopic (exact) mass is 337 g/mol. The van der Waals surface area contributed by atoms with Gasteiger partial charge in [0.05, 0.1) is 23.6 Å². The number of hydrogen-bond acceptors (Lipinski definition) is 4. The largest absolute Gasteiger partial charge is 0.332 e. The van der Waals surface area contributed by atoms with E-state index < -0.39 is 10.0 Å². The predicted molar refractivity (Wildman–Crippen MR) is 74.2 cm³/mol. The highest BCUT2D eigenvalue weighted by Crippen LogP contribution is 2.36. The van der Waals surface area contributed by atoms with E-state index in [1.165, 1.54) is 10.4 Å². The molecule has 5 nitrogen and oxygen atoms in total. The van der Waals surface area contributed by atoms with Crippen molar-refractivity contribution in [2.75, 3.05) is 6.54 Å². The van der Waals surface area contributed by atoms with Gasteiger partial charge in [0.25, 0.3) is 10.0 Å². The summed E-state index contributed by atoms with van der Waals surface area (Å²) in [5.74, 6) is 0. The summed E-state index contributed by atoms with van der Waals surface area (Å²) in [5, 5.41) is 0.271. The van der Waals surface area contributed by atoms with Crippen LogP contribution in [0, 0.1) is 0 Å². The number of sulfonamides is 1. The number of rotatable bonds is 2. The third kappa shape index (κ3) is 2.30. The van der Waals surface area contributed by atoms with Crippen LogP contribution in [0.25, 0.3) is 0 Å². The molecule has 9 heteroatoms. The standard InChI is InChI=1S/C10H9Cl2N3O2S2/c11-8-3-9(18-10(8)12)19(16,17)15-2-1-14-6-13-4-7(14)5-15/h3-4,6H,1-2,5H2. The average Bonchev–Trinajstić information content (AvgIpc) is 2.96.